The standard InChI is InChI=1S/C14H17ClN4/c1-4-16-8-12-9(2)18-14(19-10(12)3)13-6-5-11(15)7-17-13/h5-7,16H,4,8H2,1-3H3. The van der Waals surface area contributed by atoms with E-state index >= 15 is 0 Å². The molecule has 0 aromatic carbocycles. The third kappa shape index (κ3) is 3.28. The van der Waals surface area contributed by atoms with Gasteiger partial charge in [-0.25, -0.2) is 9.97 Å². The van der Waals surface area contributed by atoms with Gasteiger partial charge < -0.3 is 5.32 Å². The molecular weight excluding hydrogens is 260 g/mol. The molecule has 2 rings (SSSR count). The minimum atomic E-state index is 0.612. The molecule has 0 aliphatic carbocycles. The van der Waals surface area contributed by atoms with Crippen molar-refractivity contribution in [1.29, 1.82) is 0 Å². The van der Waals surface area contributed by atoms with Crippen LogP contribution in [0.25, 0.3) is 11.5 Å². The number of rotatable bonds is 4. The lowest BCUT2D eigenvalue weighted by Gasteiger charge is -2.10. The molecule has 0 saturated carbocycles. The van der Waals surface area contributed by atoms with Gasteiger partial charge in [-0.3, -0.25) is 4.98 Å². The number of pyridine rings is 1. The summed E-state index contributed by atoms with van der Waals surface area (Å²) in [5.41, 5.74) is 3.87. The average molecular weight is 277 g/mol. The molecule has 2 aromatic heterocycles. The summed E-state index contributed by atoms with van der Waals surface area (Å²) < 4.78 is 0. The lowest BCUT2D eigenvalue weighted by molar-refractivity contribution is 0.711. The molecule has 0 spiro atoms. The first-order chi connectivity index (χ1) is 9.11. The van der Waals surface area contributed by atoms with E-state index in [0.29, 0.717) is 10.8 Å². The summed E-state index contributed by atoms with van der Waals surface area (Å²) in [5, 5.41) is 3.91. The second-order valence-electron chi connectivity index (χ2n) is 4.34. The molecular formula is C14H17ClN4. The average Bonchev–Trinajstić information content (AvgIpc) is 2.38. The zero-order valence-electron chi connectivity index (χ0n) is 11.4. The highest BCUT2D eigenvalue weighted by atomic mass is 35.5. The fourth-order valence-corrected chi connectivity index (χ4v) is 1.98. The van der Waals surface area contributed by atoms with Crippen molar-refractivity contribution in [3.05, 3.63) is 40.3 Å². The Labute approximate surface area is 118 Å². The Kier molecular flexibility index (Phi) is 4.45. The van der Waals surface area contributed by atoms with E-state index in [1.54, 1.807) is 12.3 Å². The summed E-state index contributed by atoms with van der Waals surface area (Å²) in [6.45, 7) is 7.81. The predicted octanol–water partition coefficient (Wildman–Crippen LogP) is 2.92. The number of nitrogens with zero attached hydrogens (tertiary/aromatic N) is 3. The van der Waals surface area contributed by atoms with Crippen molar-refractivity contribution in [2.45, 2.75) is 27.3 Å². The van der Waals surface area contributed by atoms with Crippen LogP contribution < -0.4 is 5.32 Å². The van der Waals surface area contributed by atoms with Gasteiger partial charge in [-0.15, -0.1) is 0 Å². The summed E-state index contributed by atoms with van der Waals surface area (Å²) in [4.78, 5) is 13.3. The monoisotopic (exact) mass is 276 g/mol. The van der Waals surface area contributed by atoms with Gasteiger partial charge in [0, 0.05) is 29.7 Å². The minimum absolute atomic E-state index is 0.612. The fraction of sp³-hybridized carbons (Fsp3) is 0.357. The van der Waals surface area contributed by atoms with Crippen molar-refractivity contribution >= 4 is 11.6 Å². The van der Waals surface area contributed by atoms with Gasteiger partial charge in [-0.2, -0.15) is 0 Å². The second kappa shape index (κ2) is 6.08. The second-order valence-corrected chi connectivity index (χ2v) is 4.78. The number of halogens is 1. The maximum atomic E-state index is 5.83. The first-order valence-electron chi connectivity index (χ1n) is 6.28. The van der Waals surface area contributed by atoms with E-state index in [-0.39, 0.29) is 0 Å². The summed E-state index contributed by atoms with van der Waals surface area (Å²) in [6.07, 6.45) is 1.61. The molecule has 0 aliphatic rings. The van der Waals surface area contributed by atoms with E-state index in [1.807, 2.05) is 19.9 Å². The Morgan fingerprint density at radius 1 is 1.16 bits per heavy atom. The van der Waals surface area contributed by atoms with Gasteiger partial charge in [0.2, 0.25) is 0 Å². The largest absolute Gasteiger partial charge is 0.313 e. The Hall–Kier alpha value is -1.52. The van der Waals surface area contributed by atoms with E-state index in [9.17, 15) is 0 Å². The molecule has 0 radical (unpaired) electrons. The Bertz CT molecular complexity index is 543. The maximum absolute atomic E-state index is 5.83. The van der Waals surface area contributed by atoms with Gasteiger partial charge in [0.25, 0.3) is 0 Å². The minimum Gasteiger partial charge on any atom is -0.313 e. The van der Waals surface area contributed by atoms with Gasteiger partial charge in [0.1, 0.15) is 5.69 Å². The maximum Gasteiger partial charge on any atom is 0.178 e. The Morgan fingerprint density at radius 2 is 1.84 bits per heavy atom. The van der Waals surface area contributed by atoms with Crippen LogP contribution in [0.4, 0.5) is 0 Å². The number of hydrogen-bond donors (Lipinski definition) is 1. The Morgan fingerprint density at radius 3 is 2.37 bits per heavy atom. The molecule has 2 heterocycles. The quantitative estimate of drug-likeness (QED) is 0.933. The van der Waals surface area contributed by atoms with Crippen molar-refractivity contribution in [1.82, 2.24) is 20.3 Å². The summed E-state index contributed by atoms with van der Waals surface area (Å²) in [7, 11) is 0. The molecule has 4 nitrogen and oxygen atoms in total. The van der Waals surface area contributed by atoms with E-state index in [1.165, 1.54) is 0 Å². The van der Waals surface area contributed by atoms with Crippen LogP contribution in [0, 0.1) is 13.8 Å². The van der Waals surface area contributed by atoms with E-state index in [4.69, 9.17) is 11.6 Å². The molecule has 0 unspecified atom stereocenters. The van der Waals surface area contributed by atoms with Crippen molar-refractivity contribution in [3.8, 4) is 11.5 Å². The predicted molar refractivity (Wildman–Crippen MR) is 77.1 cm³/mol. The fourth-order valence-electron chi connectivity index (χ4n) is 1.87. The van der Waals surface area contributed by atoms with Crippen LogP contribution in [0.15, 0.2) is 18.3 Å². The molecule has 0 amide bonds. The van der Waals surface area contributed by atoms with Crippen LogP contribution in [0.3, 0.4) is 0 Å². The number of hydrogen-bond acceptors (Lipinski definition) is 4. The lowest BCUT2D eigenvalue weighted by Crippen LogP contribution is -2.15. The zero-order chi connectivity index (χ0) is 13.8. The molecule has 5 heteroatoms. The molecule has 0 aliphatic heterocycles. The van der Waals surface area contributed by atoms with Gasteiger partial charge in [-0.05, 0) is 32.5 Å². The highest BCUT2D eigenvalue weighted by molar-refractivity contribution is 6.30. The lowest BCUT2D eigenvalue weighted by atomic mass is 10.1. The van der Waals surface area contributed by atoms with Crippen LogP contribution in [0.2, 0.25) is 5.02 Å². The highest BCUT2D eigenvalue weighted by Crippen LogP contribution is 2.18. The SMILES string of the molecule is CCNCc1c(C)nc(-c2ccc(Cl)cn2)nc1C. The van der Waals surface area contributed by atoms with Crippen molar-refractivity contribution in [3.63, 3.8) is 0 Å². The molecule has 0 bridgehead atoms. The van der Waals surface area contributed by atoms with Gasteiger partial charge in [0.15, 0.2) is 5.82 Å². The van der Waals surface area contributed by atoms with E-state index in [2.05, 4.69) is 27.2 Å². The first-order valence-corrected chi connectivity index (χ1v) is 6.66. The van der Waals surface area contributed by atoms with Gasteiger partial charge in [0.05, 0.1) is 5.02 Å². The third-order valence-electron chi connectivity index (χ3n) is 2.93. The van der Waals surface area contributed by atoms with Crippen LogP contribution in [0.1, 0.15) is 23.9 Å². The molecule has 19 heavy (non-hydrogen) atoms. The normalized spacial score (nSPS) is 10.7. The topological polar surface area (TPSA) is 50.7 Å². The summed E-state index contributed by atoms with van der Waals surface area (Å²) in [5.74, 6) is 0.645. The molecule has 0 saturated heterocycles. The number of aryl methyl sites for hydroxylation is 2. The number of nitrogens with one attached hydrogen (secondary N) is 1. The van der Waals surface area contributed by atoms with Crippen molar-refractivity contribution < 1.29 is 0 Å². The molecule has 2 aromatic rings. The number of aromatic nitrogens is 3. The smallest absolute Gasteiger partial charge is 0.178 e. The molecule has 0 atom stereocenters. The van der Waals surface area contributed by atoms with E-state index in [0.717, 1.165) is 35.7 Å². The van der Waals surface area contributed by atoms with Gasteiger partial charge >= 0.3 is 0 Å². The molecule has 100 valence electrons. The van der Waals surface area contributed by atoms with Crippen LogP contribution >= 0.6 is 11.6 Å². The third-order valence-corrected chi connectivity index (χ3v) is 3.15. The summed E-state index contributed by atoms with van der Waals surface area (Å²) >= 11 is 5.83. The highest BCUT2D eigenvalue weighted by Gasteiger charge is 2.10. The van der Waals surface area contributed by atoms with Crippen LogP contribution in [-0.4, -0.2) is 21.5 Å². The van der Waals surface area contributed by atoms with Crippen LogP contribution in [-0.2, 0) is 6.54 Å². The molecule has 1 N–H and O–H groups in total. The molecule has 0 fully saturated rings. The van der Waals surface area contributed by atoms with Crippen LogP contribution in [0.5, 0.6) is 0 Å². The first kappa shape index (κ1) is 13.9. The Balaban J connectivity index is 2.36. The van der Waals surface area contributed by atoms with Crippen molar-refractivity contribution in [2.24, 2.45) is 0 Å². The van der Waals surface area contributed by atoms with Crippen molar-refractivity contribution in [2.75, 3.05) is 6.54 Å². The zero-order valence-corrected chi connectivity index (χ0v) is 12.1. The van der Waals surface area contributed by atoms with Gasteiger partial charge in [-0.1, -0.05) is 18.5 Å². The van der Waals surface area contributed by atoms with E-state index < -0.39 is 0 Å². The summed E-state index contributed by atoms with van der Waals surface area (Å²) in [6, 6.07) is 3.63.